The summed E-state index contributed by atoms with van der Waals surface area (Å²) in [4.78, 5) is 2.84. The van der Waals surface area contributed by atoms with Crippen LogP contribution in [0.25, 0.3) is 0 Å². The summed E-state index contributed by atoms with van der Waals surface area (Å²) in [5.74, 6) is 2.92. The van der Waals surface area contributed by atoms with Crippen LogP contribution in [-0.4, -0.2) is 24.5 Å². The topological polar surface area (TPSA) is 3.24 Å². The van der Waals surface area contributed by atoms with Gasteiger partial charge >= 0.3 is 0 Å². The molecule has 1 atom stereocenters. The predicted molar refractivity (Wildman–Crippen MR) is 91.2 cm³/mol. The zero-order valence-electron chi connectivity index (χ0n) is 14.7. The first kappa shape index (κ1) is 18.0. The summed E-state index contributed by atoms with van der Waals surface area (Å²) in [6.07, 6.45) is 12.7. The molecule has 1 nitrogen and oxygen atoms in total. The molecule has 1 rings (SSSR count). The molecule has 1 aliphatic carbocycles. The van der Waals surface area contributed by atoms with Gasteiger partial charge in [-0.2, -0.15) is 0 Å². The Labute approximate surface area is 128 Å². The van der Waals surface area contributed by atoms with E-state index in [0.29, 0.717) is 0 Å². The number of hydrogen-bond donors (Lipinski definition) is 0. The molecule has 20 heavy (non-hydrogen) atoms. The van der Waals surface area contributed by atoms with Gasteiger partial charge in [-0.15, -0.1) is 0 Å². The van der Waals surface area contributed by atoms with Crippen molar-refractivity contribution in [1.29, 1.82) is 0 Å². The maximum atomic E-state index is 2.84. The molecule has 0 bridgehead atoms. The summed E-state index contributed by atoms with van der Waals surface area (Å²) in [6.45, 7) is 13.5. The van der Waals surface area contributed by atoms with Gasteiger partial charge in [-0.1, -0.05) is 53.4 Å². The second-order valence-electron chi connectivity index (χ2n) is 7.17. The third-order valence-electron chi connectivity index (χ3n) is 4.91. The van der Waals surface area contributed by atoms with E-state index in [9.17, 15) is 0 Å². The van der Waals surface area contributed by atoms with Crippen molar-refractivity contribution in [1.82, 2.24) is 4.90 Å². The molecule has 1 fully saturated rings. The van der Waals surface area contributed by atoms with Crippen molar-refractivity contribution in [2.45, 2.75) is 85.5 Å². The highest BCUT2D eigenvalue weighted by molar-refractivity contribution is 4.79. The predicted octanol–water partition coefficient (Wildman–Crippen LogP) is 5.74. The van der Waals surface area contributed by atoms with Crippen LogP contribution >= 0.6 is 0 Å². The standard InChI is InChI=1S/C19H39N/c1-5-9-17(8-4)14-20(16-19-12-13-19)15-18(10-6-2)11-7-3/h17-19H,5-16H2,1-4H3. The zero-order chi connectivity index (χ0) is 14.8. The van der Waals surface area contributed by atoms with Crippen molar-refractivity contribution < 1.29 is 0 Å². The quantitative estimate of drug-likeness (QED) is 0.416. The van der Waals surface area contributed by atoms with Gasteiger partial charge in [-0.25, -0.2) is 0 Å². The largest absolute Gasteiger partial charge is 0.303 e. The van der Waals surface area contributed by atoms with Crippen molar-refractivity contribution in [2.75, 3.05) is 19.6 Å². The lowest BCUT2D eigenvalue weighted by Crippen LogP contribution is -2.35. The number of rotatable bonds is 13. The minimum absolute atomic E-state index is 0.933. The average Bonchev–Trinajstić information content (AvgIpc) is 3.22. The Morgan fingerprint density at radius 1 is 0.800 bits per heavy atom. The fraction of sp³-hybridized carbons (Fsp3) is 1.00. The van der Waals surface area contributed by atoms with Crippen LogP contribution in [0.1, 0.15) is 85.5 Å². The van der Waals surface area contributed by atoms with Crippen LogP contribution in [0.15, 0.2) is 0 Å². The molecule has 1 saturated carbocycles. The monoisotopic (exact) mass is 281 g/mol. The van der Waals surface area contributed by atoms with E-state index in [1.807, 2.05) is 0 Å². The second kappa shape index (κ2) is 10.7. The molecule has 0 saturated heterocycles. The lowest BCUT2D eigenvalue weighted by molar-refractivity contribution is 0.174. The Kier molecular flexibility index (Phi) is 9.59. The van der Waals surface area contributed by atoms with Crippen LogP contribution in [0.3, 0.4) is 0 Å². The Balaban J connectivity index is 2.47. The highest BCUT2D eigenvalue weighted by Gasteiger charge is 2.26. The number of nitrogens with zero attached hydrogens (tertiary/aromatic N) is 1. The normalized spacial score (nSPS) is 17.1. The van der Waals surface area contributed by atoms with Crippen LogP contribution in [0.4, 0.5) is 0 Å². The molecule has 0 aromatic heterocycles. The fourth-order valence-corrected chi connectivity index (χ4v) is 3.60. The minimum atomic E-state index is 0.933. The molecule has 0 radical (unpaired) electrons. The third kappa shape index (κ3) is 7.67. The summed E-state index contributed by atoms with van der Waals surface area (Å²) >= 11 is 0. The Bertz CT molecular complexity index is 216. The summed E-state index contributed by atoms with van der Waals surface area (Å²) in [7, 11) is 0. The SMILES string of the molecule is CCCC(CC)CN(CC(CCC)CCC)CC1CC1. The molecule has 120 valence electrons. The molecule has 1 unspecified atom stereocenters. The molecule has 1 heteroatoms. The first-order chi connectivity index (χ1) is 9.73. The third-order valence-corrected chi connectivity index (χ3v) is 4.91. The minimum Gasteiger partial charge on any atom is -0.303 e. The average molecular weight is 282 g/mol. The Morgan fingerprint density at radius 3 is 1.75 bits per heavy atom. The molecule has 0 N–H and O–H groups in total. The van der Waals surface area contributed by atoms with Gasteiger partial charge in [-0.05, 0) is 49.9 Å². The van der Waals surface area contributed by atoms with Gasteiger partial charge in [0.15, 0.2) is 0 Å². The maximum absolute atomic E-state index is 2.84. The van der Waals surface area contributed by atoms with E-state index in [0.717, 1.165) is 17.8 Å². The van der Waals surface area contributed by atoms with Crippen LogP contribution in [0.5, 0.6) is 0 Å². The van der Waals surface area contributed by atoms with Gasteiger partial charge in [0.25, 0.3) is 0 Å². The van der Waals surface area contributed by atoms with Crippen molar-refractivity contribution >= 4 is 0 Å². The Hall–Kier alpha value is -0.0400. The summed E-state index contributed by atoms with van der Waals surface area (Å²) < 4.78 is 0. The van der Waals surface area contributed by atoms with E-state index < -0.39 is 0 Å². The van der Waals surface area contributed by atoms with Gasteiger partial charge < -0.3 is 4.90 Å². The van der Waals surface area contributed by atoms with E-state index in [4.69, 9.17) is 0 Å². The fourth-order valence-electron chi connectivity index (χ4n) is 3.60. The first-order valence-electron chi connectivity index (χ1n) is 9.45. The van der Waals surface area contributed by atoms with Crippen LogP contribution < -0.4 is 0 Å². The van der Waals surface area contributed by atoms with Crippen molar-refractivity contribution in [3.63, 3.8) is 0 Å². The lowest BCUT2D eigenvalue weighted by Gasteiger charge is -2.30. The van der Waals surface area contributed by atoms with E-state index in [2.05, 4.69) is 32.6 Å². The van der Waals surface area contributed by atoms with E-state index >= 15 is 0 Å². The first-order valence-corrected chi connectivity index (χ1v) is 9.45. The molecule has 1 aliphatic rings. The van der Waals surface area contributed by atoms with Gasteiger partial charge in [0.2, 0.25) is 0 Å². The van der Waals surface area contributed by atoms with Crippen LogP contribution in [-0.2, 0) is 0 Å². The lowest BCUT2D eigenvalue weighted by atomic mass is 9.95. The molecule has 0 heterocycles. The van der Waals surface area contributed by atoms with Crippen LogP contribution in [0.2, 0.25) is 0 Å². The molecular formula is C19H39N. The molecule has 0 aromatic carbocycles. The highest BCUT2D eigenvalue weighted by atomic mass is 15.1. The smallest absolute Gasteiger partial charge is 0.000989 e. The van der Waals surface area contributed by atoms with Crippen LogP contribution in [0, 0.1) is 17.8 Å². The molecular weight excluding hydrogens is 242 g/mol. The molecule has 0 aromatic rings. The van der Waals surface area contributed by atoms with Gasteiger partial charge in [0.1, 0.15) is 0 Å². The van der Waals surface area contributed by atoms with Gasteiger partial charge in [0.05, 0.1) is 0 Å². The summed E-state index contributed by atoms with van der Waals surface area (Å²) in [5.41, 5.74) is 0. The second-order valence-corrected chi connectivity index (χ2v) is 7.17. The van der Waals surface area contributed by atoms with E-state index in [1.165, 1.54) is 77.4 Å². The Morgan fingerprint density at radius 2 is 1.30 bits per heavy atom. The molecule has 0 aliphatic heterocycles. The van der Waals surface area contributed by atoms with Crippen molar-refractivity contribution in [2.24, 2.45) is 17.8 Å². The van der Waals surface area contributed by atoms with Gasteiger partial charge in [0, 0.05) is 19.6 Å². The number of hydrogen-bond acceptors (Lipinski definition) is 1. The zero-order valence-corrected chi connectivity index (χ0v) is 14.7. The molecule has 0 amide bonds. The molecule has 0 spiro atoms. The summed E-state index contributed by atoms with van der Waals surface area (Å²) in [5, 5.41) is 0. The highest BCUT2D eigenvalue weighted by Crippen LogP contribution is 2.31. The summed E-state index contributed by atoms with van der Waals surface area (Å²) in [6, 6.07) is 0. The maximum Gasteiger partial charge on any atom is 0.000989 e. The van der Waals surface area contributed by atoms with Crippen molar-refractivity contribution in [3.05, 3.63) is 0 Å². The van der Waals surface area contributed by atoms with E-state index in [1.54, 1.807) is 0 Å². The van der Waals surface area contributed by atoms with E-state index in [-0.39, 0.29) is 0 Å². The van der Waals surface area contributed by atoms with Crippen molar-refractivity contribution in [3.8, 4) is 0 Å². The van der Waals surface area contributed by atoms with Gasteiger partial charge in [-0.3, -0.25) is 0 Å².